The van der Waals surface area contributed by atoms with Gasteiger partial charge in [-0.15, -0.1) is 0 Å². The maximum Gasteiger partial charge on any atom is 0.472 e. The lowest BCUT2D eigenvalue weighted by Gasteiger charge is -2.20. The van der Waals surface area contributed by atoms with Gasteiger partial charge in [0.2, 0.25) is 0 Å². The van der Waals surface area contributed by atoms with Crippen molar-refractivity contribution in [3.8, 4) is 0 Å². The number of hydrogen-bond acceptors (Lipinski definition) is 10. The molecule has 0 aromatic rings. The summed E-state index contributed by atoms with van der Waals surface area (Å²) >= 11 is 0. The molecule has 0 amide bonds. The third-order valence-corrected chi connectivity index (χ3v) is 9.56. The minimum absolute atomic E-state index is 0.0572. The van der Waals surface area contributed by atoms with E-state index in [0.717, 1.165) is 70.6 Å². The third-order valence-electron chi connectivity index (χ3n) is 8.61. The summed E-state index contributed by atoms with van der Waals surface area (Å²) in [6, 6.07) is -1.55. The Morgan fingerprint density at radius 2 is 1.08 bits per heavy atom. The fourth-order valence-corrected chi connectivity index (χ4v) is 5.92. The van der Waals surface area contributed by atoms with E-state index in [1.165, 1.54) is 32.1 Å². The third kappa shape index (κ3) is 39.6. The van der Waals surface area contributed by atoms with Crippen LogP contribution < -0.4 is 5.73 Å². The highest BCUT2D eigenvalue weighted by molar-refractivity contribution is 7.47. The standard InChI is InChI=1S/C46H74NO11P/c1-3-5-7-9-11-12-13-14-15-16-17-18-19-20-21-22-24-28-32-36-44(49)55-38-42(39-56-59(53,54)57-40-43(47)46(51)52)58-45(50)37-33-29-25-27-31-35-41(48)34-30-26-23-10-8-6-4-2/h11-12,14-15,17-18,20-21,23-24,26,28,30,34,42-43H,3-10,13,16,19,22,25,27,29,31-33,35-40,47H2,1-2H3,(H,51,52)(H,53,54)/b12-11-,15-14-,18-17-,21-20-,26-23-,28-24-,34-30+/t42-,43+/m1/s1. The average molecular weight is 848 g/mol. The molecule has 0 radical (unpaired) electrons. The molecule has 0 fully saturated rings. The van der Waals surface area contributed by atoms with Crippen molar-refractivity contribution in [2.24, 2.45) is 5.73 Å². The summed E-state index contributed by atoms with van der Waals surface area (Å²) < 4.78 is 32.5. The molecule has 13 heteroatoms. The van der Waals surface area contributed by atoms with Crippen molar-refractivity contribution in [3.63, 3.8) is 0 Å². The van der Waals surface area contributed by atoms with Crippen molar-refractivity contribution in [2.75, 3.05) is 19.8 Å². The largest absolute Gasteiger partial charge is 0.480 e. The van der Waals surface area contributed by atoms with E-state index in [0.29, 0.717) is 19.3 Å². The SMILES string of the molecule is CCCCC/C=C\C=C\C(=O)CCCCCCCC(=O)O[C@H](COC(=O)CC/C=C\C/C=C\C/C=C\C/C=C\C/C=C\CCCCC)COP(=O)(O)OC[C@H](N)C(=O)O. The van der Waals surface area contributed by atoms with Crippen LogP contribution in [0.2, 0.25) is 0 Å². The molecule has 0 spiro atoms. The summed E-state index contributed by atoms with van der Waals surface area (Å²) in [7, 11) is -4.77. The molecule has 0 aromatic carbocycles. The minimum Gasteiger partial charge on any atom is -0.480 e. The highest BCUT2D eigenvalue weighted by Crippen LogP contribution is 2.43. The number of rotatable bonds is 39. The van der Waals surface area contributed by atoms with Crippen LogP contribution in [0.5, 0.6) is 0 Å². The first kappa shape index (κ1) is 55.3. The summed E-state index contributed by atoms with van der Waals surface area (Å²) in [6.07, 6.45) is 44.8. The number of carboxylic acids is 1. The van der Waals surface area contributed by atoms with E-state index < -0.39 is 57.7 Å². The van der Waals surface area contributed by atoms with E-state index in [4.69, 9.17) is 24.8 Å². The van der Waals surface area contributed by atoms with Crippen molar-refractivity contribution in [3.05, 3.63) is 85.1 Å². The van der Waals surface area contributed by atoms with E-state index >= 15 is 0 Å². The second kappa shape index (κ2) is 39.8. The predicted molar refractivity (Wildman–Crippen MR) is 235 cm³/mol. The topological polar surface area (TPSA) is 189 Å². The Balaban J connectivity index is 4.59. The maximum absolute atomic E-state index is 12.6. The molecule has 0 aliphatic carbocycles. The van der Waals surface area contributed by atoms with Crippen LogP contribution in [0.3, 0.4) is 0 Å². The fraction of sp³-hybridized carbons (Fsp3) is 0.609. The summed E-state index contributed by atoms with van der Waals surface area (Å²) in [5, 5.41) is 8.88. The first-order chi connectivity index (χ1) is 28.5. The minimum atomic E-state index is -4.77. The number of phosphoric ester groups is 1. The quantitative estimate of drug-likeness (QED) is 0.0133. The number of allylic oxidation sites excluding steroid dienone is 14. The molecule has 0 aliphatic heterocycles. The molecule has 0 bridgehead atoms. The van der Waals surface area contributed by atoms with Gasteiger partial charge < -0.3 is 25.2 Å². The van der Waals surface area contributed by atoms with Gasteiger partial charge in [0, 0.05) is 19.3 Å². The van der Waals surface area contributed by atoms with E-state index in [1.807, 2.05) is 24.3 Å². The van der Waals surface area contributed by atoms with Gasteiger partial charge >= 0.3 is 25.7 Å². The molecule has 0 rings (SSSR count). The zero-order chi connectivity index (χ0) is 43.7. The molecule has 0 saturated carbocycles. The van der Waals surface area contributed by atoms with Gasteiger partial charge in [0.05, 0.1) is 13.2 Å². The average Bonchev–Trinajstić information content (AvgIpc) is 3.21. The second-order valence-corrected chi connectivity index (χ2v) is 15.6. The number of unbranched alkanes of at least 4 members (excludes halogenated alkanes) is 10. The van der Waals surface area contributed by atoms with Gasteiger partial charge in [-0.2, -0.15) is 0 Å². The van der Waals surface area contributed by atoms with Crippen molar-refractivity contribution in [2.45, 2.75) is 161 Å². The Labute approximate surface area is 354 Å². The van der Waals surface area contributed by atoms with Crippen molar-refractivity contribution < 1.29 is 52.3 Å². The Morgan fingerprint density at radius 3 is 1.66 bits per heavy atom. The molecular weight excluding hydrogens is 773 g/mol. The van der Waals surface area contributed by atoms with E-state index in [1.54, 1.807) is 12.2 Å². The summed E-state index contributed by atoms with van der Waals surface area (Å²) in [5.41, 5.74) is 5.32. The van der Waals surface area contributed by atoms with E-state index in [-0.39, 0.29) is 18.6 Å². The highest BCUT2D eigenvalue weighted by atomic mass is 31.2. The van der Waals surface area contributed by atoms with Crippen molar-refractivity contribution in [1.82, 2.24) is 0 Å². The van der Waals surface area contributed by atoms with Gasteiger partial charge in [-0.1, -0.05) is 138 Å². The number of phosphoric acid groups is 1. The van der Waals surface area contributed by atoms with E-state index in [2.05, 4.69) is 67.0 Å². The van der Waals surface area contributed by atoms with Gasteiger partial charge in [0.25, 0.3) is 0 Å². The van der Waals surface area contributed by atoms with Gasteiger partial charge in [-0.05, 0) is 76.7 Å². The molecule has 12 nitrogen and oxygen atoms in total. The Hall–Kier alpha value is -3.67. The molecular formula is C46H74NO11P. The predicted octanol–water partition coefficient (Wildman–Crippen LogP) is 10.7. The van der Waals surface area contributed by atoms with Crippen LogP contribution in [0.4, 0.5) is 0 Å². The Bertz CT molecular complexity index is 1380. The molecule has 1 unspecified atom stereocenters. The molecule has 0 aliphatic rings. The zero-order valence-electron chi connectivity index (χ0n) is 35.8. The van der Waals surface area contributed by atoms with Crippen LogP contribution in [-0.4, -0.2) is 65.7 Å². The number of carbonyl (C=O) groups excluding carboxylic acids is 3. The summed E-state index contributed by atoms with van der Waals surface area (Å²) in [4.78, 5) is 57.9. The monoisotopic (exact) mass is 847 g/mol. The van der Waals surface area contributed by atoms with E-state index in [9.17, 15) is 28.6 Å². The number of hydrogen-bond donors (Lipinski definition) is 3. The first-order valence-electron chi connectivity index (χ1n) is 21.6. The molecule has 4 N–H and O–H groups in total. The van der Waals surface area contributed by atoms with Crippen molar-refractivity contribution in [1.29, 1.82) is 0 Å². The Kier molecular flexibility index (Phi) is 37.3. The molecule has 0 saturated heterocycles. The zero-order valence-corrected chi connectivity index (χ0v) is 36.7. The number of ketones is 1. The smallest absolute Gasteiger partial charge is 0.472 e. The van der Waals surface area contributed by atoms with Crippen LogP contribution in [0.15, 0.2) is 85.1 Å². The molecule has 0 aromatic heterocycles. The second-order valence-electron chi connectivity index (χ2n) is 14.2. The lowest BCUT2D eigenvalue weighted by Crippen LogP contribution is -2.34. The van der Waals surface area contributed by atoms with Crippen LogP contribution >= 0.6 is 7.82 Å². The lowest BCUT2D eigenvalue weighted by atomic mass is 10.1. The van der Waals surface area contributed by atoms with Crippen LogP contribution in [-0.2, 0) is 42.3 Å². The number of esters is 2. The first-order valence-corrected chi connectivity index (χ1v) is 23.1. The van der Waals surface area contributed by atoms with Crippen LogP contribution in [0.25, 0.3) is 0 Å². The van der Waals surface area contributed by atoms with Gasteiger partial charge in [0.15, 0.2) is 11.9 Å². The van der Waals surface area contributed by atoms with Gasteiger partial charge in [-0.3, -0.25) is 28.2 Å². The molecule has 3 atom stereocenters. The van der Waals surface area contributed by atoms with Crippen LogP contribution in [0.1, 0.15) is 149 Å². The number of nitrogens with two attached hydrogens (primary N) is 1. The maximum atomic E-state index is 12.6. The number of aliphatic carboxylic acids is 1. The molecule has 334 valence electrons. The van der Waals surface area contributed by atoms with Crippen LogP contribution in [0, 0.1) is 0 Å². The molecule has 59 heavy (non-hydrogen) atoms. The van der Waals surface area contributed by atoms with Crippen molar-refractivity contribution >= 4 is 31.5 Å². The normalized spacial score (nSPS) is 14.4. The number of ether oxygens (including phenoxy) is 2. The summed E-state index contributed by atoms with van der Waals surface area (Å²) in [6.45, 7) is 2.50. The van der Waals surface area contributed by atoms with Gasteiger partial charge in [0.1, 0.15) is 12.6 Å². The number of carboxylic acid groups (broad SMARTS) is 1. The number of carbonyl (C=O) groups is 4. The molecule has 0 heterocycles. The van der Waals surface area contributed by atoms with Gasteiger partial charge in [-0.25, -0.2) is 4.57 Å². The lowest BCUT2D eigenvalue weighted by molar-refractivity contribution is -0.161. The highest BCUT2D eigenvalue weighted by Gasteiger charge is 2.28. The summed E-state index contributed by atoms with van der Waals surface area (Å²) in [5.74, 6) is -2.52. The fourth-order valence-electron chi connectivity index (χ4n) is 5.14. The Morgan fingerprint density at radius 1 is 0.576 bits per heavy atom.